The molecule has 0 saturated carbocycles. The van der Waals surface area contributed by atoms with Crippen LogP contribution in [0.4, 0.5) is 10.5 Å². The van der Waals surface area contributed by atoms with Gasteiger partial charge in [-0.25, -0.2) is 9.59 Å². The van der Waals surface area contributed by atoms with E-state index in [-0.39, 0.29) is 11.6 Å². The van der Waals surface area contributed by atoms with E-state index in [2.05, 4.69) is 32.5 Å². The number of anilines is 1. The summed E-state index contributed by atoms with van der Waals surface area (Å²) in [6, 6.07) is 3.95. The van der Waals surface area contributed by atoms with Crippen LogP contribution in [0.25, 0.3) is 0 Å². The van der Waals surface area contributed by atoms with Gasteiger partial charge in [-0.1, -0.05) is 0 Å². The molecule has 0 aliphatic heterocycles. The minimum atomic E-state index is -1.07. The van der Waals surface area contributed by atoms with Crippen LogP contribution in [0.1, 0.15) is 23.7 Å². The van der Waals surface area contributed by atoms with Gasteiger partial charge >= 0.3 is 12.0 Å². The molecule has 0 heterocycles. The highest BCUT2D eigenvalue weighted by Crippen LogP contribution is 2.21. The molecule has 1 aromatic carbocycles. The lowest BCUT2D eigenvalue weighted by Gasteiger charge is -2.12. The quantitative estimate of drug-likeness (QED) is 0.745. The fourth-order valence-electron chi connectivity index (χ4n) is 1.39. The van der Waals surface area contributed by atoms with Crippen LogP contribution in [-0.4, -0.2) is 23.1 Å². The topological polar surface area (TPSA) is 78.4 Å². The number of carboxylic acids is 1. The molecule has 100 valence electrons. The van der Waals surface area contributed by atoms with Crippen molar-refractivity contribution < 1.29 is 14.7 Å². The van der Waals surface area contributed by atoms with Crippen molar-refractivity contribution in [2.75, 3.05) is 5.32 Å². The second kappa shape index (κ2) is 6.81. The molecule has 0 saturated heterocycles. The smallest absolute Gasteiger partial charge is 0.336 e. The van der Waals surface area contributed by atoms with Crippen LogP contribution in [0, 0.1) is 12.3 Å². The number of nitrogens with one attached hydrogen (secondary N) is 2. The van der Waals surface area contributed by atoms with Gasteiger partial charge in [-0.2, -0.15) is 0 Å². The predicted octanol–water partition coefficient (Wildman–Crippen LogP) is 2.68. The second-order valence-electron chi connectivity index (χ2n) is 3.91. The first kappa shape index (κ1) is 15.1. The summed E-state index contributed by atoms with van der Waals surface area (Å²) in [6.07, 6.45) is 5.56. The monoisotopic (exact) mass is 324 g/mol. The minimum absolute atomic E-state index is 0.0782. The van der Waals surface area contributed by atoms with Gasteiger partial charge < -0.3 is 15.7 Å². The predicted molar refractivity (Wildman–Crippen MR) is 76.2 cm³/mol. The maximum absolute atomic E-state index is 11.6. The van der Waals surface area contributed by atoms with Crippen molar-refractivity contribution in [2.45, 2.75) is 19.4 Å². The number of aromatic carboxylic acids is 1. The summed E-state index contributed by atoms with van der Waals surface area (Å²) in [6.45, 7) is 1.78. The summed E-state index contributed by atoms with van der Waals surface area (Å²) in [5, 5.41) is 14.2. The van der Waals surface area contributed by atoms with Gasteiger partial charge in [0.15, 0.2) is 0 Å². The highest BCUT2D eigenvalue weighted by molar-refractivity contribution is 9.10. The number of amides is 2. The molecular formula is C13H13BrN2O3. The van der Waals surface area contributed by atoms with Gasteiger partial charge in [-0.05, 0) is 41.1 Å². The van der Waals surface area contributed by atoms with Crippen molar-refractivity contribution >= 4 is 33.6 Å². The Balaban J connectivity index is 2.73. The van der Waals surface area contributed by atoms with E-state index in [9.17, 15) is 9.59 Å². The molecule has 19 heavy (non-hydrogen) atoms. The lowest BCUT2D eigenvalue weighted by molar-refractivity contribution is 0.0696. The fraction of sp³-hybridized carbons (Fsp3) is 0.231. The first-order valence-corrected chi connectivity index (χ1v) is 6.27. The Kier molecular flexibility index (Phi) is 5.39. The number of urea groups is 1. The molecule has 0 fully saturated rings. The maximum Gasteiger partial charge on any atom is 0.336 e. The van der Waals surface area contributed by atoms with Crippen molar-refractivity contribution in [3.63, 3.8) is 0 Å². The van der Waals surface area contributed by atoms with Crippen LogP contribution in [-0.2, 0) is 0 Å². The van der Waals surface area contributed by atoms with E-state index >= 15 is 0 Å². The fourth-order valence-corrected chi connectivity index (χ4v) is 1.80. The second-order valence-corrected chi connectivity index (χ2v) is 4.76. The third-order valence-electron chi connectivity index (χ3n) is 2.26. The Morgan fingerprint density at radius 3 is 2.79 bits per heavy atom. The molecular weight excluding hydrogens is 312 g/mol. The van der Waals surface area contributed by atoms with Crippen LogP contribution in [0.5, 0.6) is 0 Å². The molecule has 3 N–H and O–H groups in total. The van der Waals surface area contributed by atoms with Gasteiger partial charge in [0.25, 0.3) is 0 Å². The van der Waals surface area contributed by atoms with Gasteiger partial charge in [0, 0.05) is 22.6 Å². The summed E-state index contributed by atoms with van der Waals surface area (Å²) < 4.78 is 0.451. The van der Waals surface area contributed by atoms with Gasteiger partial charge in [-0.3, -0.25) is 0 Å². The van der Waals surface area contributed by atoms with Crippen molar-refractivity contribution in [1.29, 1.82) is 0 Å². The molecule has 0 aliphatic carbocycles. The van der Waals surface area contributed by atoms with Crippen molar-refractivity contribution in [3.05, 3.63) is 28.2 Å². The molecule has 0 spiro atoms. The number of rotatable bonds is 4. The highest BCUT2D eigenvalue weighted by atomic mass is 79.9. The Hall–Kier alpha value is -2.00. The first-order chi connectivity index (χ1) is 8.93. The molecule has 0 aromatic heterocycles. The number of benzene rings is 1. The zero-order chi connectivity index (χ0) is 14.4. The average Bonchev–Trinajstić information content (AvgIpc) is 2.31. The Morgan fingerprint density at radius 1 is 1.53 bits per heavy atom. The van der Waals surface area contributed by atoms with Crippen molar-refractivity contribution in [2.24, 2.45) is 0 Å². The van der Waals surface area contributed by atoms with E-state index in [0.717, 1.165) is 0 Å². The zero-order valence-corrected chi connectivity index (χ0v) is 11.8. The van der Waals surface area contributed by atoms with Crippen LogP contribution < -0.4 is 10.6 Å². The molecule has 1 rings (SSSR count). The Bertz CT molecular complexity index is 537. The lowest BCUT2D eigenvalue weighted by atomic mass is 10.2. The summed E-state index contributed by atoms with van der Waals surface area (Å²) in [4.78, 5) is 22.6. The third kappa shape index (κ3) is 4.64. The third-order valence-corrected chi connectivity index (χ3v) is 2.95. The molecule has 1 unspecified atom stereocenters. The number of carboxylic acid groups (broad SMARTS) is 1. The van der Waals surface area contributed by atoms with Gasteiger partial charge in [0.1, 0.15) is 0 Å². The van der Waals surface area contributed by atoms with Crippen LogP contribution in [0.2, 0.25) is 0 Å². The zero-order valence-electron chi connectivity index (χ0n) is 10.2. The number of carbonyl (C=O) groups excluding carboxylic acids is 1. The van der Waals surface area contributed by atoms with Gasteiger partial charge in [0.2, 0.25) is 0 Å². The largest absolute Gasteiger partial charge is 0.478 e. The molecule has 1 aromatic rings. The van der Waals surface area contributed by atoms with E-state index in [4.69, 9.17) is 11.5 Å². The van der Waals surface area contributed by atoms with E-state index < -0.39 is 12.0 Å². The molecule has 0 aliphatic rings. The number of terminal acetylenes is 1. The minimum Gasteiger partial charge on any atom is -0.478 e. The van der Waals surface area contributed by atoms with E-state index in [1.807, 2.05) is 0 Å². The van der Waals surface area contributed by atoms with Crippen molar-refractivity contribution in [3.8, 4) is 12.3 Å². The highest BCUT2D eigenvalue weighted by Gasteiger charge is 2.11. The van der Waals surface area contributed by atoms with E-state index in [0.29, 0.717) is 16.6 Å². The number of halogens is 1. The van der Waals surface area contributed by atoms with Crippen LogP contribution in [0.3, 0.4) is 0 Å². The van der Waals surface area contributed by atoms with E-state index in [1.165, 1.54) is 6.07 Å². The molecule has 5 nitrogen and oxygen atoms in total. The number of hydrogen-bond donors (Lipinski definition) is 3. The molecule has 6 heteroatoms. The standard InChI is InChI=1S/C13H13BrN2O3/c1-3-4-8(2)15-13(19)16-9-5-6-11(14)10(7-9)12(17)18/h1,5-8H,4H2,2H3,(H,17,18)(H2,15,16,19). The average molecular weight is 325 g/mol. The van der Waals surface area contributed by atoms with Gasteiger partial charge in [-0.15, -0.1) is 12.3 Å². The normalized spacial score (nSPS) is 11.2. The summed E-state index contributed by atoms with van der Waals surface area (Å²) in [7, 11) is 0. The Morgan fingerprint density at radius 2 is 2.21 bits per heavy atom. The van der Waals surface area contributed by atoms with Crippen molar-refractivity contribution in [1.82, 2.24) is 5.32 Å². The SMILES string of the molecule is C#CCC(C)NC(=O)Nc1ccc(Br)c(C(=O)O)c1. The summed E-state index contributed by atoms with van der Waals surface area (Å²) in [5.41, 5.74) is 0.473. The maximum atomic E-state index is 11.6. The lowest BCUT2D eigenvalue weighted by Crippen LogP contribution is -2.35. The molecule has 0 radical (unpaired) electrons. The summed E-state index contributed by atoms with van der Waals surface area (Å²) >= 11 is 3.13. The molecule has 2 amide bonds. The van der Waals surface area contributed by atoms with Crippen LogP contribution >= 0.6 is 15.9 Å². The van der Waals surface area contributed by atoms with Gasteiger partial charge in [0.05, 0.1) is 5.56 Å². The first-order valence-electron chi connectivity index (χ1n) is 5.48. The summed E-state index contributed by atoms with van der Waals surface area (Å²) in [5.74, 6) is 1.37. The molecule has 0 bridgehead atoms. The Labute approximate surface area is 119 Å². The van der Waals surface area contributed by atoms with Crippen LogP contribution in [0.15, 0.2) is 22.7 Å². The number of hydrogen-bond acceptors (Lipinski definition) is 2. The van der Waals surface area contributed by atoms with E-state index in [1.54, 1.807) is 19.1 Å². The molecule has 1 atom stereocenters. The number of carbonyl (C=O) groups is 2.